The van der Waals surface area contributed by atoms with Gasteiger partial charge in [0.15, 0.2) is 0 Å². The Labute approximate surface area is 126 Å². The highest BCUT2D eigenvalue weighted by Crippen LogP contribution is 2.13. The summed E-state index contributed by atoms with van der Waals surface area (Å²) in [6, 6.07) is 10.0. The van der Waals surface area contributed by atoms with Crippen LogP contribution in [-0.4, -0.2) is 18.4 Å². The molecule has 0 amide bonds. The predicted octanol–water partition coefficient (Wildman–Crippen LogP) is 2.25. The summed E-state index contributed by atoms with van der Waals surface area (Å²) >= 11 is 0. The van der Waals surface area contributed by atoms with Crippen molar-refractivity contribution in [2.75, 3.05) is 0 Å². The fourth-order valence-electron chi connectivity index (χ4n) is 1.99. The van der Waals surface area contributed by atoms with Crippen molar-refractivity contribution in [3.05, 3.63) is 66.2 Å². The highest BCUT2D eigenvalue weighted by atomic mass is 32.2. The van der Waals surface area contributed by atoms with E-state index in [1.54, 1.807) is 30.6 Å². The third-order valence-electron chi connectivity index (χ3n) is 3.12. The van der Waals surface area contributed by atoms with Gasteiger partial charge in [-0.05, 0) is 42.0 Å². The number of sulfonamides is 1. The average molecular weight is 317 g/mol. The minimum atomic E-state index is -3.68. The van der Waals surface area contributed by atoms with E-state index in [0.29, 0.717) is 5.52 Å². The summed E-state index contributed by atoms with van der Waals surface area (Å²) in [4.78, 5) is 8.35. The van der Waals surface area contributed by atoms with Crippen LogP contribution in [0.1, 0.15) is 5.56 Å². The molecule has 22 heavy (non-hydrogen) atoms. The first-order valence-electron chi connectivity index (χ1n) is 6.49. The third kappa shape index (κ3) is 3.10. The quantitative estimate of drug-likeness (QED) is 0.801. The smallest absolute Gasteiger partial charge is 0.240 e. The minimum absolute atomic E-state index is 0.0227. The van der Waals surface area contributed by atoms with Crippen LogP contribution in [0.15, 0.2) is 59.8 Å². The molecule has 3 rings (SSSR count). The van der Waals surface area contributed by atoms with Gasteiger partial charge in [0.05, 0.1) is 15.9 Å². The molecule has 5 nitrogen and oxygen atoms in total. The number of hydrogen-bond acceptors (Lipinski definition) is 4. The molecule has 0 unspecified atom stereocenters. The van der Waals surface area contributed by atoms with Gasteiger partial charge < -0.3 is 0 Å². The fraction of sp³-hybridized carbons (Fsp3) is 0.0667. The van der Waals surface area contributed by atoms with Crippen molar-refractivity contribution in [3.63, 3.8) is 0 Å². The van der Waals surface area contributed by atoms with Gasteiger partial charge in [-0.3, -0.25) is 9.97 Å². The first kappa shape index (κ1) is 14.6. The molecule has 0 saturated carbocycles. The van der Waals surface area contributed by atoms with Crippen LogP contribution in [0.5, 0.6) is 0 Å². The largest absolute Gasteiger partial charge is 0.253 e. The fourth-order valence-corrected chi connectivity index (χ4v) is 3.01. The maximum Gasteiger partial charge on any atom is 0.240 e. The predicted molar refractivity (Wildman–Crippen MR) is 80.0 cm³/mol. The van der Waals surface area contributed by atoms with Crippen molar-refractivity contribution < 1.29 is 12.8 Å². The Bertz CT molecular complexity index is 911. The zero-order valence-electron chi connectivity index (χ0n) is 11.4. The number of rotatable bonds is 4. The molecule has 112 valence electrons. The molecule has 2 aromatic carbocycles. The highest BCUT2D eigenvalue weighted by Gasteiger charge is 2.13. The number of aromatic nitrogens is 2. The normalized spacial score (nSPS) is 11.7. The van der Waals surface area contributed by atoms with Crippen molar-refractivity contribution in [2.45, 2.75) is 11.4 Å². The van der Waals surface area contributed by atoms with Crippen molar-refractivity contribution in [1.82, 2.24) is 14.7 Å². The molecule has 0 radical (unpaired) electrons. The number of nitrogens with one attached hydrogen (secondary N) is 1. The molecule has 0 aliphatic carbocycles. The molecule has 1 aromatic heterocycles. The number of fused-ring (bicyclic) bond motifs is 1. The lowest BCUT2D eigenvalue weighted by molar-refractivity contribution is 0.580. The van der Waals surface area contributed by atoms with Gasteiger partial charge in [-0.15, -0.1) is 0 Å². The third-order valence-corrected chi connectivity index (χ3v) is 4.54. The van der Waals surface area contributed by atoms with E-state index in [1.807, 2.05) is 0 Å². The van der Waals surface area contributed by atoms with Gasteiger partial charge in [-0.1, -0.05) is 6.07 Å². The number of benzene rings is 2. The van der Waals surface area contributed by atoms with Crippen LogP contribution in [0.2, 0.25) is 0 Å². The molecular weight excluding hydrogens is 305 g/mol. The van der Waals surface area contributed by atoms with E-state index in [2.05, 4.69) is 14.7 Å². The lowest BCUT2D eigenvalue weighted by Crippen LogP contribution is -2.23. The molecule has 0 bridgehead atoms. The SMILES string of the molecule is O=S(=O)(NCc1ccc2nccnc2c1)c1ccc(F)cc1. The van der Waals surface area contributed by atoms with E-state index in [-0.39, 0.29) is 11.4 Å². The van der Waals surface area contributed by atoms with Crippen molar-refractivity contribution >= 4 is 21.1 Å². The van der Waals surface area contributed by atoms with Crippen LogP contribution in [0.3, 0.4) is 0 Å². The van der Waals surface area contributed by atoms with Crippen LogP contribution in [0.25, 0.3) is 11.0 Å². The zero-order chi connectivity index (χ0) is 15.6. The Morgan fingerprint density at radius 2 is 1.64 bits per heavy atom. The van der Waals surface area contributed by atoms with Gasteiger partial charge in [0.2, 0.25) is 10.0 Å². The standard InChI is InChI=1S/C15H12FN3O2S/c16-12-2-4-13(5-3-12)22(20,21)19-10-11-1-6-14-15(9-11)18-8-7-17-14/h1-9,19H,10H2. The van der Waals surface area contributed by atoms with Gasteiger partial charge in [0, 0.05) is 18.9 Å². The lowest BCUT2D eigenvalue weighted by Gasteiger charge is -2.07. The Kier molecular flexibility index (Phi) is 3.82. The van der Waals surface area contributed by atoms with Crippen molar-refractivity contribution in [1.29, 1.82) is 0 Å². The maximum atomic E-state index is 12.8. The van der Waals surface area contributed by atoms with Crippen LogP contribution in [0, 0.1) is 5.82 Å². The molecule has 0 aliphatic heterocycles. The van der Waals surface area contributed by atoms with Crippen LogP contribution >= 0.6 is 0 Å². The molecular formula is C15H12FN3O2S. The summed E-state index contributed by atoms with van der Waals surface area (Å²) < 4.78 is 39.6. The molecule has 0 saturated heterocycles. The Balaban J connectivity index is 1.79. The molecule has 0 atom stereocenters. The maximum absolute atomic E-state index is 12.8. The second-order valence-electron chi connectivity index (χ2n) is 4.66. The first-order valence-corrected chi connectivity index (χ1v) is 7.98. The van der Waals surface area contributed by atoms with Crippen LogP contribution < -0.4 is 4.72 Å². The van der Waals surface area contributed by atoms with Gasteiger partial charge in [-0.2, -0.15) is 0 Å². The van der Waals surface area contributed by atoms with E-state index in [1.165, 1.54) is 12.1 Å². The minimum Gasteiger partial charge on any atom is -0.253 e. The molecule has 0 aliphatic rings. The van der Waals surface area contributed by atoms with Gasteiger partial charge in [-0.25, -0.2) is 17.5 Å². The van der Waals surface area contributed by atoms with E-state index in [4.69, 9.17) is 0 Å². The lowest BCUT2D eigenvalue weighted by atomic mass is 10.2. The molecule has 7 heteroatoms. The van der Waals surface area contributed by atoms with E-state index < -0.39 is 15.8 Å². The number of hydrogen-bond donors (Lipinski definition) is 1. The molecule has 3 aromatic rings. The number of halogens is 1. The molecule has 1 N–H and O–H groups in total. The second kappa shape index (κ2) is 5.78. The van der Waals surface area contributed by atoms with Crippen molar-refractivity contribution in [2.24, 2.45) is 0 Å². The highest BCUT2D eigenvalue weighted by molar-refractivity contribution is 7.89. The molecule has 0 spiro atoms. The first-order chi connectivity index (χ1) is 10.5. The summed E-state index contributed by atoms with van der Waals surface area (Å²) in [5.74, 6) is -0.480. The Morgan fingerprint density at radius 1 is 0.955 bits per heavy atom. The van der Waals surface area contributed by atoms with Crippen LogP contribution in [0.4, 0.5) is 4.39 Å². The Morgan fingerprint density at radius 3 is 2.36 bits per heavy atom. The summed E-state index contributed by atoms with van der Waals surface area (Å²) in [6.07, 6.45) is 3.17. The Hall–Kier alpha value is -2.38. The van der Waals surface area contributed by atoms with E-state index in [0.717, 1.165) is 23.2 Å². The van der Waals surface area contributed by atoms with E-state index in [9.17, 15) is 12.8 Å². The average Bonchev–Trinajstić information content (AvgIpc) is 2.53. The summed E-state index contributed by atoms with van der Waals surface area (Å²) in [5.41, 5.74) is 2.20. The zero-order valence-corrected chi connectivity index (χ0v) is 12.2. The second-order valence-corrected chi connectivity index (χ2v) is 6.42. The summed E-state index contributed by atoms with van der Waals surface area (Å²) in [7, 11) is -3.68. The monoisotopic (exact) mass is 317 g/mol. The van der Waals surface area contributed by atoms with Gasteiger partial charge in [0.25, 0.3) is 0 Å². The topological polar surface area (TPSA) is 72.0 Å². The summed E-state index contributed by atoms with van der Waals surface area (Å²) in [6.45, 7) is 0.117. The molecule has 1 heterocycles. The van der Waals surface area contributed by atoms with Gasteiger partial charge >= 0.3 is 0 Å². The number of nitrogens with zero attached hydrogens (tertiary/aromatic N) is 2. The van der Waals surface area contributed by atoms with Gasteiger partial charge in [0.1, 0.15) is 5.82 Å². The van der Waals surface area contributed by atoms with E-state index >= 15 is 0 Å². The van der Waals surface area contributed by atoms with Crippen LogP contribution in [-0.2, 0) is 16.6 Å². The van der Waals surface area contributed by atoms with Crippen molar-refractivity contribution in [3.8, 4) is 0 Å². The molecule has 0 fully saturated rings. The summed E-state index contributed by atoms with van der Waals surface area (Å²) in [5, 5.41) is 0.